The number of rotatable bonds is 12. The largest absolute Gasteiger partial charge is 0.496 e. The number of aryl methyl sites for hydroxylation is 1. The lowest BCUT2D eigenvalue weighted by Crippen LogP contribution is -2.50. The lowest BCUT2D eigenvalue weighted by atomic mass is 10.1. The molecular formula is C45H56N8O4Si. The van der Waals surface area contributed by atoms with Gasteiger partial charge in [-0.05, 0) is 84.6 Å². The monoisotopic (exact) mass is 800 g/mol. The molecule has 0 spiro atoms. The number of imidazole rings is 1. The van der Waals surface area contributed by atoms with Crippen molar-refractivity contribution in [2.45, 2.75) is 121 Å². The number of carbonyl (C=O) groups excluding carboxylic acids is 2. The first-order valence-electron chi connectivity index (χ1n) is 21.1. The maximum Gasteiger partial charge on any atom is 0.331 e. The van der Waals surface area contributed by atoms with Crippen molar-refractivity contribution in [2.24, 2.45) is 0 Å². The van der Waals surface area contributed by atoms with Crippen LogP contribution >= 0.6 is 0 Å². The number of fused-ring (bicyclic) bond motifs is 2. The molecule has 4 fully saturated rings. The molecule has 3 amide bonds. The summed E-state index contributed by atoms with van der Waals surface area (Å²) in [5.41, 5.74) is 8.70. The van der Waals surface area contributed by atoms with Gasteiger partial charge in [-0.1, -0.05) is 41.5 Å². The first-order valence-corrected chi connectivity index (χ1v) is 23.2. The Bertz CT molecular complexity index is 2410. The quantitative estimate of drug-likeness (QED) is 0.0900. The van der Waals surface area contributed by atoms with E-state index in [4.69, 9.17) is 24.1 Å². The average molecular weight is 801 g/mol. The molecule has 1 aromatic carbocycles. The molecule has 2 aliphatic heterocycles. The topological polar surface area (TPSA) is 118 Å². The summed E-state index contributed by atoms with van der Waals surface area (Å²) in [4.78, 5) is 51.3. The number of carbonyl (C=O) groups is 2. The molecule has 4 aliphatic rings. The van der Waals surface area contributed by atoms with Gasteiger partial charge in [0.05, 0.1) is 36.2 Å². The minimum atomic E-state index is -2.23. The number of pyridine rings is 2. The van der Waals surface area contributed by atoms with E-state index in [1.165, 1.54) is 10.5 Å². The van der Waals surface area contributed by atoms with Gasteiger partial charge in [-0.25, -0.2) is 19.7 Å². The fourth-order valence-corrected chi connectivity index (χ4v) is 15.8. The Balaban J connectivity index is 1.13. The maximum atomic E-state index is 13.4. The molecule has 6 heterocycles. The number of nitrogens with zero attached hydrogens (tertiary/aromatic N) is 8. The lowest BCUT2D eigenvalue weighted by molar-refractivity contribution is -0.123. The molecule has 0 radical (unpaired) electrons. The van der Waals surface area contributed by atoms with Gasteiger partial charge in [-0.2, -0.15) is 0 Å². The van der Waals surface area contributed by atoms with Crippen LogP contribution in [-0.4, -0.2) is 82.8 Å². The van der Waals surface area contributed by atoms with E-state index in [-0.39, 0.29) is 42.5 Å². The molecule has 0 unspecified atom stereocenters. The molecule has 13 heteroatoms. The molecule has 4 atom stereocenters. The molecule has 4 aromatic heterocycles. The normalized spacial score (nSPS) is 22.6. The number of likely N-dealkylation sites (N-methyl/N-ethyl adjacent to an activating group) is 1. The third-order valence-corrected chi connectivity index (χ3v) is 19.6. The molecule has 0 bridgehead atoms. The minimum Gasteiger partial charge on any atom is -0.496 e. The third kappa shape index (κ3) is 6.54. The van der Waals surface area contributed by atoms with Gasteiger partial charge in [-0.3, -0.25) is 19.6 Å². The van der Waals surface area contributed by atoms with Crippen molar-refractivity contribution in [3.05, 3.63) is 83.5 Å². The number of imide groups is 1. The molecule has 9 rings (SSSR count). The van der Waals surface area contributed by atoms with Crippen LogP contribution in [0.1, 0.15) is 119 Å². The number of benzene rings is 1. The zero-order valence-corrected chi connectivity index (χ0v) is 36.3. The SMILES string of the molecule is COc1cc([C@H]2C[C@@H]2c2nccc(C)n2)nc2cc(N3C[C@@H](O[Si](C(C)C)(C(C)C)C(C)C)C[C@@H]3c3cn4cc(C5CC5)cc(N5CC(=O)N(C)C5=O)c4n3)ccc12. The number of urea groups is 1. The Morgan fingerprint density at radius 1 is 0.862 bits per heavy atom. The Labute approximate surface area is 342 Å². The highest BCUT2D eigenvalue weighted by atomic mass is 28.4. The van der Waals surface area contributed by atoms with Gasteiger partial charge in [0.25, 0.3) is 0 Å². The van der Waals surface area contributed by atoms with Crippen LogP contribution < -0.4 is 14.5 Å². The van der Waals surface area contributed by atoms with Crippen LogP contribution in [0.4, 0.5) is 16.2 Å². The van der Waals surface area contributed by atoms with Crippen molar-refractivity contribution in [2.75, 3.05) is 37.0 Å². The summed E-state index contributed by atoms with van der Waals surface area (Å²) < 4.78 is 15.6. The predicted octanol–water partition coefficient (Wildman–Crippen LogP) is 9.05. The summed E-state index contributed by atoms with van der Waals surface area (Å²) in [6, 6.07) is 12.2. The van der Waals surface area contributed by atoms with E-state index >= 15 is 0 Å². The number of hydrogen-bond donors (Lipinski definition) is 0. The van der Waals surface area contributed by atoms with Crippen LogP contribution in [0.2, 0.25) is 16.6 Å². The molecule has 2 saturated carbocycles. The maximum absolute atomic E-state index is 13.4. The van der Waals surface area contributed by atoms with Crippen molar-refractivity contribution in [3.63, 3.8) is 0 Å². The van der Waals surface area contributed by atoms with Crippen LogP contribution in [0.3, 0.4) is 0 Å². The molecule has 2 aliphatic carbocycles. The highest BCUT2D eigenvalue weighted by Gasteiger charge is 2.49. The van der Waals surface area contributed by atoms with Gasteiger partial charge in [-0.15, -0.1) is 0 Å². The van der Waals surface area contributed by atoms with E-state index in [0.29, 0.717) is 40.4 Å². The van der Waals surface area contributed by atoms with Crippen LogP contribution in [0, 0.1) is 6.92 Å². The second-order valence-electron chi connectivity index (χ2n) is 18.1. The third-order valence-electron chi connectivity index (χ3n) is 13.4. The Morgan fingerprint density at radius 2 is 1.62 bits per heavy atom. The van der Waals surface area contributed by atoms with E-state index in [2.05, 4.69) is 98.6 Å². The van der Waals surface area contributed by atoms with E-state index in [1.54, 1.807) is 19.1 Å². The highest BCUT2D eigenvalue weighted by molar-refractivity contribution is 6.77. The van der Waals surface area contributed by atoms with Gasteiger partial charge in [0.2, 0.25) is 14.2 Å². The number of hydrogen-bond acceptors (Lipinski definition) is 9. The zero-order chi connectivity index (χ0) is 40.8. The summed E-state index contributed by atoms with van der Waals surface area (Å²) in [7, 11) is 1.05. The predicted molar refractivity (Wildman–Crippen MR) is 228 cm³/mol. The van der Waals surface area contributed by atoms with Gasteiger partial charge < -0.3 is 18.5 Å². The van der Waals surface area contributed by atoms with Crippen molar-refractivity contribution in [1.29, 1.82) is 0 Å². The molecular weight excluding hydrogens is 745 g/mol. The molecule has 58 heavy (non-hydrogen) atoms. The Kier molecular flexibility index (Phi) is 9.62. The number of aromatic nitrogens is 5. The van der Waals surface area contributed by atoms with Gasteiger partial charge in [0.1, 0.15) is 18.1 Å². The van der Waals surface area contributed by atoms with Crippen molar-refractivity contribution < 1.29 is 18.8 Å². The van der Waals surface area contributed by atoms with E-state index in [1.807, 2.05) is 19.2 Å². The summed E-state index contributed by atoms with van der Waals surface area (Å²) in [5.74, 6) is 2.38. The standard InChI is InChI=1S/C45H56N8O4Si/c1-25(2)58(26(3)4,27(5)6)57-32-18-39(38-23-51-21-30(29-10-11-29)16-40(44(51)49-38)53-24-42(54)50(8)45(53)55)52(22-32)31-12-13-33-36(17-31)48-37(20-41(33)56-9)34-19-35(34)43-46-15-14-28(7)47-43/h12-17,20-21,23,25-27,29,32,34-35,39H,10-11,18-19,22,24H2,1-9H3/t32-,34-,35-,39+/m0/s1. The zero-order valence-electron chi connectivity index (χ0n) is 35.3. The van der Waals surface area contributed by atoms with Crippen LogP contribution in [0.25, 0.3) is 16.6 Å². The van der Waals surface area contributed by atoms with Crippen LogP contribution in [0.5, 0.6) is 5.75 Å². The van der Waals surface area contributed by atoms with Crippen LogP contribution in [0.15, 0.2) is 55.0 Å². The van der Waals surface area contributed by atoms with E-state index in [9.17, 15) is 9.59 Å². The summed E-state index contributed by atoms with van der Waals surface area (Å²) in [6.07, 6.45) is 10.1. The van der Waals surface area contributed by atoms with Crippen molar-refractivity contribution >= 4 is 48.2 Å². The fourth-order valence-electron chi connectivity index (χ4n) is 10.2. The second kappa shape index (κ2) is 14.4. The van der Waals surface area contributed by atoms with Gasteiger partial charge >= 0.3 is 6.03 Å². The number of methoxy groups -OCH3 is 1. The fraction of sp³-hybridized carbons (Fsp3) is 0.511. The van der Waals surface area contributed by atoms with Crippen LogP contribution in [-0.2, 0) is 9.22 Å². The smallest absolute Gasteiger partial charge is 0.331 e. The number of anilines is 2. The van der Waals surface area contributed by atoms with Crippen molar-refractivity contribution in [3.8, 4) is 5.75 Å². The molecule has 304 valence electrons. The van der Waals surface area contributed by atoms with Gasteiger partial charge in [0.15, 0.2) is 5.65 Å². The molecule has 0 N–H and O–H groups in total. The average Bonchev–Trinajstić information content (AvgIpc) is 4.10. The second-order valence-corrected chi connectivity index (χ2v) is 23.5. The van der Waals surface area contributed by atoms with Crippen molar-refractivity contribution in [1.82, 2.24) is 29.2 Å². The number of ether oxygens (including phenoxy) is 1. The lowest BCUT2D eigenvalue weighted by Gasteiger charge is -2.44. The molecule has 2 saturated heterocycles. The summed E-state index contributed by atoms with van der Waals surface area (Å²) in [6.45, 7) is 16.8. The van der Waals surface area contributed by atoms with E-state index < -0.39 is 8.32 Å². The molecule has 5 aromatic rings. The van der Waals surface area contributed by atoms with E-state index in [0.717, 1.165) is 70.9 Å². The Morgan fingerprint density at radius 3 is 2.28 bits per heavy atom. The first-order chi connectivity index (χ1) is 27.8. The molecule has 12 nitrogen and oxygen atoms in total. The summed E-state index contributed by atoms with van der Waals surface area (Å²) in [5, 5.41) is 0.966. The Hall–Kier alpha value is -4.88. The minimum absolute atomic E-state index is 0.00677. The van der Waals surface area contributed by atoms with Gasteiger partial charge in [0, 0.05) is 79.0 Å². The first kappa shape index (κ1) is 38.6. The number of amides is 3. The highest BCUT2D eigenvalue weighted by Crippen LogP contribution is 2.54. The summed E-state index contributed by atoms with van der Waals surface area (Å²) >= 11 is 0.